The highest BCUT2D eigenvalue weighted by Gasteiger charge is 2.37. The molecule has 2 heterocycles. The lowest BCUT2D eigenvalue weighted by molar-refractivity contribution is -0.149. The van der Waals surface area contributed by atoms with Crippen molar-refractivity contribution in [2.24, 2.45) is 5.73 Å². The topological polar surface area (TPSA) is 130 Å². The number of ether oxygens (including phenoxy) is 1. The number of imidazole rings is 1. The van der Waals surface area contributed by atoms with Crippen molar-refractivity contribution in [3.8, 4) is 0 Å². The van der Waals surface area contributed by atoms with Crippen LogP contribution in [-0.2, 0) is 32.1 Å². The summed E-state index contributed by atoms with van der Waals surface area (Å²) in [5.41, 5.74) is 7.59. The molecule has 3 rings (SSSR count). The summed E-state index contributed by atoms with van der Waals surface area (Å²) in [6.45, 7) is 2.16. The molecule has 0 saturated carbocycles. The van der Waals surface area contributed by atoms with Crippen molar-refractivity contribution in [2.45, 2.75) is 50.9 Å². The van der Waals surface area contributed by atoms with Gasteiger partial charge in [-0.3, -0.25) is 9.59 Å². The van der Waals surface area contributed by atoms with Crippen molar-refractivity contribution in [3.63, 3.8) is 0 Å². The second kappa shape index (κ2) is 10.0. The molecule has 1 aromatic heterocycles. The van der Waals surface area contributed by atoms with E-state index in [1.165, 1.54) is 11.2 Å². The molecule has 1 aliphatic heterocycles. The summed E-state index contributed by atoms with van der Waals surface area (Å²) in [6.07, 6.45) is 4.72. The first-order valence-electron chi connectivity index (χ1n) is 10.0. The van der Waals surface area contributed by atoms with Crippen LogP contribution in [0.25, 0.3) is 0 Å². The second-order valence-corrected chi connectivity index (χ2v) is 7.38. The standard InChI is InChI=1S/C21H27N5O4/c1-14(21(29)30-12-15-6-3-2-4-7-15)25-19(27)18-8-5-9-26(18)20(28)17(22)10-16-11-23-13-24-16/h2-4,6-7,11,13-14,17-18H,5,8-10,12,22H2,1H3,(H,23,24)(H,25,27)/t14-,17+,18+/m1/s1. The van der Waals surface area contributed by atoms with Crippen molar-refractivity contribution in [2.75, 3.05) is 6.54 Å². The Kier molecular flexibility index (Phi) is 7.18. The molecule has 9 heteroatoms. The Morgan fingerprint density at radius 2 is 2.10 bits per heavy atom. The minimum atomic E-state index is -0.823. The normalized spacial score (nSPS) is 17.9. The largest absolute Gasteiger partial charge is 0.459 e. The molecule has 3 atom stereocenters. The highest BCUT2D eigenvalue weighted by Crippen LogP contribution is 2.19. The highest BCUT2D eigenvalue weighted by molar-refractivity contribution is 5.92. The fraction of sp³-hybridized carbons (Fsp3) is 0.429. The lowest BCUT2D eigenvalue weighted by Gasteiger charge is -2.27. The van der Waals surface area contributed by atoms with E-state index in [4.69, 9.17) is 10.5 Å². The number of nitrogens with zero attached hydrogens (tertiary/aromatic N) is 2. The van der Waals surface area contributed by atoms with Crippen LogP contribution >= 0.6 is 0 Å². The second-order valence-electron chi connectivity index (χ2n) is 7.38. The van der Waals surface area contributed by atoms with Crippen LogP contribution in [0.5, 0.6) is 0 Å². The van der Waals surface area contributed by atoms with Crippen LogP contribution in [0, 0.1) is 0 Å². The number of likely N-dealkylation sites (tertiary alicyclic amines) is 1. The number of carbonyl (C=O) groups is 3. The molecule has 1 fully saturated rings. The van der Waals surface area contributed by atoms with Crippen LogP contribution in [0.15, 0.2) is 42.9 Å². The maximum atomic E-state index is 12.8. The van der Waals surface area contributed by atoms with Gasteiger partial charge in [-0.15, -0.1) is 0 Å². The number of amides is 2. The van der Waals surface area contributed by atoms with Crippen molar-refractivity contribution >= 4 is 17.8 Å². The van der Waals surface area contributed by atoms with Crippen molar-refractivity contribution < 1.29 is 19.1 Å². The number of rotatable bonds is 8. The Labute approximate surface area is 175 Å². The predicted octanol–water partition coefficient (Wildman–Crippen LogP) is 0.519. The number of carbonyl (C=O) groups excluding carboxylic acids is 3. The van der Waals surface area contributed by atoms with Gasteiger partial charge in [0.1, 0.15) is 18.7 Å². The van der Waals surface area contributed by atoms with Crippen LogP contribution in [0.2, 0.25) is 0 Å². The van der Waals surface area contributed by atoms with E-state index in [2.05, 4.69) is 15.3 Å². The van der Waals surface area contributed by atoms with E-state index >= 15 is 0 Å². The molecule has 30 heavy (non-hydrogen) atoms. The summed E-state index contributed by atoms with van der Waals surface area (Å²) in [5, 5.41) is 2.66. The number of hydrogen-bond donors (Lipinski definition) is 3. The van der Waals surface area contributed by atoms with E-state index in [1.54, 1.807) is 13.1 Å². The number of benzene rings is 1. The van der Waals surface area contributed by atoms with Crippen LogP contribution in [-0.4, -0.2) is 57.3 Å². The molecule has 0 spiro atoms. The van der Waals surface area contributed by atoms with Crippen molar-refractivity contribution in [1.29, 1.82) is 0 Å². The molecule has 9 nitrogen and oxygen atoms in total. The van der Waals surface area contributed by atoms with Gasteiger partial charge in [0.15, 0.2) is 0 Å². The minimum absolute atomic E-state index is 0.135. The molecule has 160 valence electrons. The summed E-state index contributed by atoms with van der Waals surface area (Å²) in [6, 6.07) is 7.05. The van der Waals surface area contributed by atoms with Gasteiger partial charge in [-0.05, 0) is 25.3 Å². The smallest absolute Gasteiger partial charge is 0.328 e. The summed E-state index contributed by atoms with van der Waals surface area (Å²) >= 11 is 0. The Balaban J connectivity index is 1.51. The van der Waals surface area contributed by atoms with Gasteiger partial charge in [-0.2, -0.15) is 0 Å². The van der Waals surface area contributed by atoms with E-state index in [0.29, 0.717) is 25.1 Å². The number of H-pyrrole nitrogens is 1. The van der Waals surface area contributed by atoms with E-state index < -0.39 is 24.1 Å². The minimum Gasteiger partial charge on any atom is -0.459 e. The molecule has 1 aliphatic rings. The number of nitrogens with two attached hydrogens (primary N) is 1. The zero-order valence-electron chi connectivity index (χ0n) is 16.9. The molecule has 0 unspecified atom stereocenters. The van der Waals surface area contributed by atoms with E-state index in [-0.39, 0.29) is 24.8 Å². The third kappa shape index (κ3) is 5.44. The Morgan fingerprint density at radius 1 is 1.33 bits per heavy atom. The summed E-state index contributed by atoms with van der Waals surface area (Å²) in [4.78, 5) is 46.1. The van der Waals surface area contributed by atoms with Crippen LogP contribution < -0.4 is 11.1 Å². The SMILES string of the molecule is C[C@@H](NC(=O)[C@@H]1CCCN1C(=O)[C@@H](N)Cc1c[nH]cn1)C(=O)OCc1ccccc1. The van der Waals surface area contributed by atoms with Gasteiger partial charge in [0.05, 0.1) is 18.1 Å². The van der Waals surface area contributed by atoms with Crippen LogP contribution in [0.3, 0.4) is 0 Å². The molecule has 2 amide bonds. The predicted molar refractivity (Wildman–Crippen MR) is 109 cm³/mol. The average molecular weight is 413 g/mol. The first-order valence-corrected chi connectivity index (χ1v) is 10.0. The maximum Gasteiger partial charge on any atom is 0.328 e. The maximum absolute atomic E-state index is 12.8. The number of aromatic nitrogens is 2. The number of nitrogens with one attached hydrogen (secondary N) is 2. The summed E-state index contributed by atoms with van der Waals surface area (Å²) in [5.74, 6) is -1.20. The van der Waals surface area contributed by atoms with Crippen LogP contribution in [0.4, 0.5) is 0 Å². The average Bonchev–Trinajstić information content (AvgIpc) is 3.44. The zero-order valence-corrected chi connectivity index (χ0v) is 16.9. The number of aromatic amines is 1. The Morgan fingerprint density at radius 3 is 2.80 bits per heavy atom. The number of hydrogen-bond acceptors (Lipinski definition) is 6. The van der Waals surface area contributed by atoms with Crippen molar-refractivity contribution in [1.82, 2.24) is 20.2 Å². The molecule has 1 saturated heterocycles. The molecule has 1 aromatic carbocycles. The first-order chi connectivity index (χ1) is 14.5. The molecule has 0 radical (unpaired) electrons. The summed E-state index contributed by atoms with van der Waals surface area (Å²) in [7, 11) is 0. The fourth-order valence-electron chi connectivity index (χ4n) is 3.45. The lowest BCUT2D eigenvalue weighted by atomic mass is 10.1. The molecule has 0 aliphatic carbocycles. The summed E-state index contributed by atoms with van der Waals surface area (Å²) < 4.78 is 5.26. The monoisotopic (exact) mass is 413 g/mol. The van der Waals surface area contributed by atoms with Gasteiger partial charge >= 0.3 is 5.97 Å². The van der Waals surface area contributed by atoms with Gasteiger partial charge in [0.25, 0.3) is 0 Å². The third-order valence-corrected chi connectivity index (χ3v) is 5.08. The molecule has 4 N–H and O–H groups in total. The van der Waals surface area contributed by atoms with E-state index in [9.17, 15) is 14.4 Å². The molecule has 0 bridgehead atoms. The first kappa shape index (κ1) is 21.5. The van der Waals surface area contributed by atoms with E-state index in [1.807, 2.05) is 30.3 Å². The molecule has 2 aromatic rings. The van der Waals surface area contributed by atoms with Gasteiger partial charge in [0.2, 0.25) is 11.8 Å². The van der Waals surface area contributed by atoms with E-state index in [0.717, 1.165) is 5.56 Å². The van der Waals surface area contributed by atoms with Gasteiger partial charge in [-0.1, -0.05) is 30.3 Å². The van der Waals surface area contributed by atoms with Gasteiger partial charge in [-0.25, -0.2) is 9.78 Å². The van der Waals surface area contributed by atoms with Gasteiger partial charge in [0, 0.05) is 19.2 Å². The quantitative estimate of drug-likeness (QED) is 0.541. The van der Waals surface area contributed by atoms with Crippen LogP contribution in [0.1, 0.15) is 31.0 Å². The number of esters is 1. The molecular weight excluding hydrogens is 386 g/mol. The molecular formula is C21H27N5O4. The Hall–Kier alpha value is -3.20. The fourth-order valence-corrected chi connectivity index (χ4v) is 3.45. The third-order valence-electron chi connectivity index (χ3n) is 5.08. The highest BCUT2D eigenvalue weighted by atomic mass is 16.5. The zero-order chi connectivity index (χ0) is 21.5. The lowest BCUT2D eigenvalue weighted by Crippen LogP contribution is -2.53. The van der Waals surface area contributed by atoms with Crippen molar-refractivity contribution in [3.05, 3.63) is 54.1 Å². The Bertz CT molecular complexity index is 856. The van der Waals surface area contributed by atoms with Gasteiger partial charge < -0.3 is 25.7 Å².